The molecule has 0 amide bonds. The third kappa shape index (κ3) is 14.4. The van der Waals surface area contributed by atoms with Crippen LogP contribution in [-0.2, 0) is 0 Å². The molecule has 2 fully saturated rings. The van der Waals surface area contributed by atoms with Gasteiger partial charge in [0.05, 0.1) is 0 Å². The van der Waals surface area contributed by atoms with Crippen molar-refractivity contribution in [3.05, 3.63) is 69.8 Å². The summed E-state index contributed by atoms with van der Waals surface area (Å²) < 4.78 is 50.4. The fraction of sp³-hybridized carbons (Fsp3) is 0.647. The van der Waals surface area contributed by atoms with Crippen molar-refractivity contribution < 1.29 is 17.6 Å². The highest BCUT2D eigenvalue weighted by Crippen LogP contribution is 2.28. The Bertz CT molecular complexity index is 815. The predicted molar refractivity (Wildman–Crippen MR) is 159 cm³/mol. The average molecular weight is 541 g/mol. The second-order valence-corrected chi connectivity index (χ2v) is 11.4. The monoisotopic (exact) mass is 540 g/mol. The summed E-state index contributed by atoms with van der Waals surface area (Å²) in [6, 6.07) is 5.76. The van der Waals surface area contributed by atoms with E-state index in [-0.39, 0.29) is 20.4 Å². The molecule has 4 heteroatoms. The van der Waals surface area contributed by atoms with Gasteiger partial charge in [-0.25, -0.2) is 17.6 Å². The van der Waals surface area contributed by atoms with Gasteiger partial charge in [0.15, 0.2) is 11.6 Å². The van der Waals surface area contributed by atoms with E-state index in [1.165, 1.54) is 84.3 Å². The van der Waals surface area contributed by atoms with Crippen molar-refractivity contribution in [2.75, 3.05) is 0 Å². The summed E-state index contributed by atoms with van der Waals surface area (Å²) in [7, 11) is 0. The normalized spacial score (nSPS) is 22.0. The summed E-state index contributed by atoms with van der Waals surface area (Å²) in [4.78, 5) is 0. The number of hydrogen-bond donors (Lipinski definition) is 0. The molecule has 0 radical (unpaired) electrons. The molecule has 2 aromatic carbocycles. The standard InChI is InChI=1S/2C8H8F2.2C8H16.2CH4/c1-5-3-7(9)6(2)8(10)4-5;1-5-3-4-6(2)8(10)7(5)9;2*1-7-3-5-8(2)6-4-7;;/h2*3-4H,1-2H3;2*7-8H,3-6H2,1-2H3;2*1H4. The molecule has 220 valence electrons. The van der Waals surface area contributed by atoms with Crippen molar-refractivity contribution in [2.45, 2.75) is 122 Å². The SMILES string of the molecule is C.C.CC1CCC(C)CC1.CC1CCC(C)CC1.Cc1cc(F)c(C)c(F)c1.Cc1ccc(C)c(F)c1F. The molecule has 0 atom stereocenters. The van der Waals surface area contributed by atoms with Crippen LogP contribution in [0.3, 0.4) is 0 Å². The van der Waals surface area contributed by atoms with E-state index in [1.54, 1.807) is 19.1 Å². The van der Waals surface area contributed by atoms with Crippen molar-refractivity contribution in [1.29, 1.82) is 0 Å². The molecule has 0 spiro atoms. The Hall–Kier alpha value is -1.84. The summed E-state index contributed by atoms with van der Waals surface area (Å²) in [6.45, 7) is 15.6. The van der Waals surface area contributed by atoms with Gasteiger partial charge in [0, 0.05) is 5.56 Å². The van der Waals surface area contributed by atoms with E-state index < -0.39 is 23.3 Å². The second kappa shape index (κ2) is 19.3. The molecule has 0 aliphatic heterocycles. The van der Waals surface area contributed by atoms with E-state index in [0.717, 1.165) is 23.7 Å². The number of benzene rings is 2. The maximum atomic E-state index is 12.6. The number of hydrogen-bond acceptors (Lipinski definition) is 0. The number of halogens is 4. The molecule has 2 saturated carbocycles. The molecular weight excluding hydrogens is 484 g/mol. The van der Waals surface area contributed by atoms with Gasteiger partial charge in [0.25, 0.3) is 0 Å². The first-order chi connectivity index (χ1) is 16.8. The first-order valence-electron chi connectivity index (χ1n) is 13.6. The molecular formula is C34H56F4. The van der Waals surface area contributed by atoms with E-state index in [0.29, 0.717) is 16.7 Å². The Balaban J connectivity index is 0. The third-order valence-corrected chi connectivity index (χ3v) is 7.50. The van der Waals surface area contributed by atoms with Gasteiger partial charge in [-0.3, -0.25) is 0 Å². The average Bonchev–Trinajstić information content (AvgIpc) is 2.83. The summed E-state index contributed by atoms with van der Waals surface area (Å²) in [6.07, 6.45) is 11.8. The van der Waals surface area contributed by atoms with Gasteiger partial charge in [-0.2, -0.15) is 0 Å². The van der Waals surface area contributed by atoms with E-state index in [2.05, 4.69) is 27.7 Å². The van der Waals surface area contributed by atoms with Crippen LogP contribution in [0.5, 0.6) is 0 Å². The Morgan fingerprint density at radius 2 is 0.737 bits per heavy atom. The molecule has 4 rings (SSSR count). The van der Waals surface area contributed by atoms with Gasteiger partial charge in [-0.05, 0) is 80.2 Å². The lowest BCUT2D eigenvalue weighted by molar-refractivity contribution is 0.308. The highest BCUT2D eigenvalue weighted by molar-refractivity contribution is 5.24. The molecule has 0 aromatic heterocycles. The van der Waals surface area contributed by atoms with E-state index in [1.807, 2.05) is 0 Å². The third-order valence-electron chi connectivity index (χ3n) is 7.50. The van der Waals surface area contributed by atoms with Crippen molar-refractivity contribution >= 4 is 0 Å². The Morgan fingerprint density at radius 3 is 0.974 bits per heavy atom. The summed E-state index contributed by atoms with van der Waals surface area (Å²) >= 11 is 0. The number of aryl methyl sites for hydroxylation is 3. The van der Waals surface area contributed by atoms with Crippen molar-refractivity contribution in [1.82, 2.24) is 0 Å². The summed E-state index contributed by atoms with van der Waals surface area (Å²) in [5.41, 5.74) is 1.40. The fourth-order valence-corrected chi connectivity index (χ4v) is 4.37. The zero-order valence-corrected chi connectivity index (χ0v) is 23.8. The van der Waals surface area contributed by atoms with Crippen LogP contribution >= 0.6 is 0 Å². The van der Waals surface area contributed by atoms with E-state index >= 15 is 0 Å². The molecule has 2 aliphatic carbocycles. The number of rotatable bonds is 0. The Morgan fingerprint density at radius 1 is 0.500 bits per heavy atom. The highest BCUT2D eigenvalue weighted by Gasteiger charge is 2.14. The van der Waals surface area contributed by atoms with E-state index in [4.69, 9.17) is 0 Å². The quantitative estimate of drug-likeness (QED) is 0.291. The molecule has 38 heavy (non-hydrogen) atoms. The Kier molecular flexibility index (Phi) is 19.4. The topological polar surface area (TPSA) is 0 Å². The van der Waals surface area contributed by atoms with Gasteiger partial charge in [0.1, 0.15) is 11.6 Å². The summed E-state index contributed by atoms with van der Waals surface area (Å²) in [5.74, 6) is 1.66. The first kappa shape index (κ1) is 38.3. The molecule has 2 aliphatic rings. The predicted octanol–water partition coefficient (Wildman–Crippen LogP) is 12.1. The molecule has 0 unspecified atom stereocenters. The lowest BCUT2D eigenvalue weighted by Crippen LogP contribution is -2.08. The van der Waals surface area contributed by atoms with Crippen molar-refractivity contribution in [3.8, 4) is 0 Å². The summed E-state index contributed by atoms with van der Waals surface area (Å²) in [5, 5.41) is 0. The maximum absolute atomic E-state index is 12.6. The van der Waals surface area contributed by atoms with Crippen LogP contribution in [0.15, 0.2) is 24.3 Å². The maximum Gasteiger partial charge on any atom is 0.161 e. The van der Waals surface area contributed by atoms with Crippen molar-refractivity contribution in [3.63, 3.8) is 0 Å². The first-order valence-corrected chi connectivity index (χ1v) is 13.6. The zero-order valence-electron chi connectivity index (χ0n) is 23.8. The van der Waals surface area contributed by atoms with Crippen LogP contribution in [0.1, 0.15) is 116 Å². The van der Waals surface area contributed by atoms with Crippen LogP contribution < -0.4 is 0 Å². The van der Waals surface area contributed by atoms with Crippen LogP contribution in [0, 0.1) is 74.6 Å². The van der Waals surface area contributed by atoms with Gasteiger partial charge in [0.2, 0.25) is 0 Å². The fourth-order valence-electron chi connectivity index (χ4n) is 4.37. The smallest absolute Gasteiger partial charge is 0.161 e. The zero-order chi connectivity index (χ0) is 27.4. The minimum atomic E-state index is -0.736. The minimum absolute atomic E-state index is 0. The van der Waals surface area contributed by atoms with Gasteiger partial charge >= 0.3 is 0 Å². The highest BCUT2D eigenvalue weighted by atomic mass is 19.2. The molecule has 0 nitrogen and oxygen atoms in total. The molecule has 0 N–H and O–H groups in total. The minimum Gasteiger partial charge on any atom is -0.207 e. The van der Waals surface area contributed by atoms with E-state index in [9.17, 15) is 17.6 Å². The Labute approximate surface area is 232 Å². The van der Waals surface area contributed by atoms with Crippen LogP contribution in [0.25, 0.3) is 0 Å². The molecule has 2 aromatic rings. The largest absolute Gasteiger partial charge is 0.207 e. The molecule has 0 saturated heterocycles. The lowest BCUT2D eigenvalue weighted by Gasteiger charge is -2.22. The van der Waals surface area contributed by atoms with Crippen LogP contribution in [-0.4, -0.2) is 0 Å². The second-order valence-electron chi connectivity index (χ2n) is 11.4. The molecule has 0 bridgehead atoms. The van der Waals surface area contributed by atoms with Gasteiger partial charge < -0.3 is 0 Å². The lowest BCUT2D eigenvalue weighted by atomic mass is 9.84. The van der Waals surface area contributed by atoms with Gasteiger partial charge in [-0.1, -0.05) is 106 Å². The van der Waals surface area contributed by atoms with Crippen LogP contribution in [0.4, 0.5) is 17.6 Å². The van der Waals surface area contributed by atoms with Crippen molar-refractivity contribution in [2.24, 2.45) is 23.7 Å². The van der Waals surface area contributed by atoms with Gasteiger partial charge in [-0.15, -0.1) is 0 Å². The molecule has 0 heterocycles. The van der Waals surface area contributed by atoms with Crippen LogP contribution in [0.2, 0.25) is 0 Å².